The topological polar surface area (TPSA) is 45.2 Å². The number of aromatic nitrogens is 1. The molecule has 0 aromatic carbocycles. The Bertz CT molecular complexity index is 341. The third-order valence-corrected chi connectivity index (χ3v) is 1.99. The van der Waals surface area contributed by atoms with E-state index >= 15 is 0 Å². The van der Waals surface area contributed by atoms with Gasteiger partial charge >= 0.3 is 0 Å². The quantitative estimate of drug-likeness (QED) is 0.797. The van der Waals surface area contributed by atoms with Gasteiger partial charge in [-0.3, -0.25) is 4.79 Å². The largest absolute Gasteiger partial charge is 0.361 e. The van der Waals surface area contributed by atoms with Crippen LogP contribution >= 0.6 is 11.6 Å². The lowest BCUT2D eigenvalue weighted by atomic mass is 10.3. The number of halogens is 1. The van der Waals surface area contributed by atoms with Gasteiger partial charge in [0, 0.05) is 32.6 Å². The van der Waals surface area contributed by atoms with Crippen LogP contribution < -0.4 is 10.2 Å². The Kier molecular flexibility index (Phi) is 4.37. The van der Waals surface area contributed by atoms with Crippen LogP contribution in [-0.2, 0) is 4.79 Å². The van der Waals surface area contributed by atoms with Crippen molar-refractivity contribution in [3.05, 3.63) is 18.3 Å². The fourth-order valence-corrected chi connectivity index (χ4v) is 1.32. The number of hydrogen-bond donors (Lipinski definition) is 1. The lowest BCUT2D eigenvalue weighted by Gasteiger charge is -2.15. The van der Waals surface area contributed by atoms with E-state index in [1.807, 2.05) is 25.1 Å². The molecule has 1 aromatic rings. The van der Waals surface area contributed by atoms with E-state index in [4.69, 9.17) is 11.6 Å². The number of carbonyl (C=O) groups excluding carboxylic acids is 1. The van der Waals surface area contributed by atoms with Crippen LogP contribution in [0.4, 0.5) is 11.5 Å². The first-order chi connectivity index (χ1) is 7.15. The lowest BCUT2D eigenvalue weighted by molar-refractivity contribution is -0.115. The zero-order chi connectivity index (χ0) is 11.3. The Balaban J connectivity index is 2.80. The number of alkyl halides is 1. The van der Waals surface area contributed by atoms with E-state index in [1.54, 1.807) is 12.3 Å². The van der Waals surface area contributed by atoms with Gasteiger partial charge < -0.3 is 10.2 Å². The summed E-state index contributed by atoms with van der Waals surface area (Å²) < 4.78 is 0. The van der Waals surface area contributed by atoms with Crippen molar-refractivity contribution in [1.29, 1.82) is 0 Å². The number of nitrogens with one attached hydrogen (secondary N) is 1. The Morgan fingerprint density at radius 1 is 1.60 bits per heavy atom. The minimum atomic E-state index is -0.0962. The van der Waals surface area contributed by atoms with Crippen LogP contribution in [0.3, 0.4) is 0 Å². The maximum absolute atomic E-state index is 11.3. The van der Waals surface area contributed by atoms with E-state index in [1.165, 1.54) is 0 Å². The molecule has 0 spiro atoms. The molecule has 0 bridgehead atoms. The molecule has 4 nitrogen and oxygen atoms in total. The molecule has 0 saturated heterocycles. The lowest BCUT2D eigenvalue weighted by Crippen LogP contribution is -2.17. The van der Waals surface area contributed by atoms with Crippen molar-refractivity contribution >= 4 is 29.0 Å². The summed E-state index contributed by atoms with van der Waals surface area (Å²) in [5.74, 6) is 0.963. The van der Waals surface area contributed by atoms with Crippen molar-refractivity contribution in [2.75, 3.05) is 30.2 Å². The van der Waals surface area contributed by atoms with E-state index < -0.39 is 0 Å². The number of nitrogens with zero attached hydrogens (tertiary/aromatic N) is 2. The van der Waals surface area contributed by atoms with Gasteiger partial charge in [-0.1, -0.05) is 0 Å². The van der Waals surface area contributed by atoms with Gasteiger partial charge in [-0.2, -0.15) is 0 Å². The second kappa shape index (κ2) is 5.56. The number of pyridine rings is 1. The number of carbonyl (C=O) groups is 1. The third-order valence-electron chi connectivity index (χ3n) is 1.81. The molecule has 1 aromatic heterocycles. The summed E-state index contributed by atoms with van der Waals surface area (Å²) in [4.78, 5) is 17.4. The second-order valence-corrected chi connectivity index (χ2v) is 3.63. The second-order valence-electron chi connectivity index (χ2n) is 3.26. The summed E-state index contributed by atoms with van der Waals surface area (Å²) in [6.45, 7) is 0. The van der Waals surface area contributed by atoms with Crippen molar-refractivity contribution in [3.8, 4) is 0 Å². The molecule has 1 rings (SSSR count). The van der Waals surface area contributed by atoms with E-state index in [0.29, 0.717) is 18.0 Å². The summed E-state index contributed by atoms with van der Waals surface area (Å²) in [6, 6.07) is 3.60. The Morgan fingerprint density at radius 2 is 2.33 bits per heavy atom. The van der Waals surface area contributed by atoms with Gasteiger partial charge in [-0.05, 0) is 12.1 Å². The van der Waals surface area contributed by atoms with Crippen LogP contribution in [0.2, 0.25) is 0 Å². The van der Waals surface area contributed by atoms with E-state index in [-0.39, 0.29) is 5.91 Å². The highest BCUT2D eigenvalue weighted by molar-refractivity contribution is 6.19. The third kappa shape index (κ3) is 3.40. The normalized spacial score (nSPS) is 9.80. The molecule has 0 aliphatic heterocycles. The summed E-state index contributed by atoms with van der Waals surface area (Å²) >= 11 is 5.48. The molecule has 0 saturated carbocycles. The highest BCUT2D eigenvalue weighted by Gasteiger charge is 2.08. The highest BCUT2D eigenvalue weighted by Crippen LogP contribution is 2.20. The predicted molar refractivity (Wildman–Crippen MR) is 62.5 cm³/mol. The average molecular weight is 228 g/mol. The molecule has 0 fully saturated rings. The molecule has 0 aliphatic rings. The number of amides is 1. The summed E-state index contributed by atoms with van der Waals surface area (Å²) in [5.41, 5.74) is 0.706. The minimum Gasteiger partial charge on any atom is -0.361 e. The van der Waals surface area contributed by atoms with Crippen molar-refractivity contribution in [3.63, 3.8) is 0 Å². The molecule has 82 valence electrons. The summed E-state index contributed by atoms with van der Waals surface area (Å²) in [7, 11) is 3.75. The average Bonchev–Trinajstić information content (AvgIpc) is 2.18. The van der Waals surface area contributed by atoms with E-state index in [0.717, 1.165) is 5.82 Å². The molecular formula is C10H14ClN3O. The molecule has 0 aliphatic carbocycles. The van der Waals surface area contributed by atoms with Crippen molar-refractivity contribution in [2.24, 2.45) is 0 Å². The smallest absolute Gasteiger partial charge is 0.225 e. The van der Waals surface area contributed by atoms with Gasteiger partial charge in [0.2, 0.25) is 5.91 Å². The first-order valence-corrected chi connectivity index (χ1v) is 5.16. The minimum absolute atomic E-state index is 0.0962. The van der Waals surface area contributed by atoms with E-state index in [2.05, 4.69) is 10.3 Å². The van der Waals surface area contributed by atoms with Gasteiger partial charge in [-0.25, -0.2) is 4.98 Å². The predicted octanol–water partition coefficient (Wildman–Crippen LogP) is 1.71. The molecule has 5 heteroatoms. The number of hydrogen-bond acceptors (Lipinski definition) is 3. The fraction of sp³-hybridized carbons (Fsp3) is 0.400. The fourth-order valence-electron chi connectivity index (χ4n) is 1.15. The Labute approximate surface area is 94.3 Å². The SMILES string of the molecule is CN(C)c1ncccc1NC(=O)CCCl. The Hall–Kier alpha value is -1.29. The molecule has 1 N–H and O–H groups in total. The standard InChI is InChI=1S/C10H14ClN3O/c1-14(2)10-8(4-3-7-12-10)13-9(15)5-6-11/h3-4,7H,5-6H2,1-2H3,(H,13,15). The van der Waals surface area contributed by atoms with Gasteiger partial charge in [0.25, 0.3) is 0 Å². The first-order valence-electron chi connectivity index (χ1n) is 4.63. The van der Waals surface area contributed by atoms with Crippen LogP contribution in [0, 0.1) is 0 Å². The molecule has 0 radical (unpaired) electrons. The monoisotopic (exact) mass is 227 g/mol. The van der Waals surface area contributed by atoms with Crippen LogP contribution in [0.25, 0.3) is 0 Å². The number of anilines is 2. The van der Waals surface area contributed by atoms with Crippen molar-refractivity contribution in [2.45, 2.75) is 6.42 Å². The van der Waals surface area contributed by atoms with Crippen LogP contribution in [0.5, 0.6) is 0 Å². The molecule has 0 atom stereocenters. The molecule has 0 unspecified atom stereocenters. The number of rotatable bonds is 4. The maximum Gasteiger partial charge on any atom is 0.225 e. The van der Waals surface area contributed by atoms with Crippen molar-refractivity contribution in [1.82, 2.24) is 4.98 Å². The van der Waals surface area contributed by atoms with Gasteiger partial charge in [0.1, 0.15) is 0 Å². The van der Waals surface area contributed by atoms with Gasteiger partial charge in [-0.15, -0.1) is 11.6 Å². The molecule has 1 heterocycles. The maximum atomic E-state index is 11.3. The van der Waals surface area contributed by atoms with E-state index in [9.17, 15) is 4.79 Å². The van der Waals surface area contributed by atoms with Crippen LogP contribution in [0.1, 0.15) is 6.42 Å². The van der Waals surface area contributed by atoms with Crippen LogP contribution in [0.15, 0.2) is 18.3 Å². The summed E-state index contributed by atoms with van der Waals surface area (Å²) in [5, 5.41) is 2.77. The van der Waals surface area contributed by atoms with Gasteiger partial charge in [0.15, 0.2) is 5.82 Å². The van der Waals surface area contributed by atoms with Crippen molar-refractivity contribution < 1.29 is 4.79 Å². The highest BCUT2D eigenvalue weighted by atomic mass is 35.5. The molecular weight excluding hydrogens is 214 g/mol. The first kappa shape index (κ1) is 11.8. The summed E-state index contributed by atoms with van der Waals surface area (Å²) in [6.07, 6.45) is 2.00. The Morgan fingerprint density at radius 3 is 2.93 bits per heavy atom. The zero-order valence-corrected chi connectivity index (χ0v) is 9.58. The molecule has 1 amide bonds. The zero-order valence-electron chi connectivity index (χ0n) is 8.83. The van der Waals surface area contributed by atoms with Gasteiger partial charge in [0.05, 0.1) is 5.69 Å². The van der Waals surface area contributed by atoms with Crippen LogP contribution in [-0.4, -0.2) is 30.9 Å². The molecule has 15 heavy (non-hydrogen) atoms.